The Morgan fingerprint density at radius 1 is 1.25 bits per heavy atom. The zero-order chi connectivity index (χ0) is 14.9. The normalized spacial score (nSPS) is 19.3. The minimum absolute atomic E-state index is 0.0663. The van der Waals surface area contributed by atoms with Crippen LogP contribution in [0.1, 0.15) is 6.92 Å². The van der Waals surface area contributed by atoms with Gasteiger partial charge in [-0.05, 0) is 31.2 Å². The Labute approximate surface area is 123 Å². The third kappa shape index (κ3) is 3.05. The Hall–Kier alpha value is -1.74. The molecule has 1 aliphatic rings. The summed E-state index contributed by atoms with van der Waals surface area (Å²) in [6.45, 7) is 1.32. The van der Waals surface area contributed by atoms with Crippen molar-refractivity contribution < 1.29 is 18.0 Å². The van der Waals surface area contributed by atoms with Gasteiger partial charge in [0.05, 0.1) is 5.71 Å². The second kappa shape index (κ2) is 5.33. The molecular weight excluding hydrogens is 350 g/mol. The van der Waals surface area contributed by atoms with Gasteiger partial charge in [-0.25, -0.2) is 18.2 Å². The molecular formula is C11H10BrN3O4S. The third-order valence-electron chi connectivity index (χ3n) is 2.54. The fraction of sp³-hybridized carbons (Fsp3) is 0.182. The van der Waals surface area contributed by atoms with Crippen molar-refractivity contribution in [3.05, 3.63) is 28.7 Å². The maximum Gasteiger partial charge on any atom is 0.347 e. The summed E-state index contributed by atoms with van der Waals surface area (Å²) < 4.78 is 27.5. The van der Waals surface area contributed by atoms with Crippen molar-refractivity contribution in [3.63, 3.8) is 0 Å². The van der Waals surface area contributed by atoms with Crippen LogP contribution >= 0.6 is 15.9 Å². The molecule has 7 nitrogen and oxygen atoms in total. The standard InChI is InChI=1S/C11H10BrN3O4S/c1-6-9(10(16)14-11(17)13-6)20(18,19)15-8-4-2-7(12)3-5-8/h2-5,9,15H,1H3,(H,14,16,17). The van der Waals surface area contributed by atoms with Crippen LogP contribution in [0, 0.1) is 0 Å². The predicted molar refractivity (Wildman–Crippen MR) is 77.1 cm³/mol. The average molecular weight is 360 g/mol. The first-order chi connectivity index (χ1) is 9.29. The highest BCUT2D eigenvalue weighted by Gasteiger charge is 2.39. The first kappa shape index (κ1) is 14.7. The number of anilines is 1. The van der Waals surface area contributed by atoms with Crippen LogP contribution in [0.25, 0.3) is 0 Å². The Kier molecular flexibility index (Phi) is 3.91. The molecule has 0 bridgehead atoms. The molecule has 1 aromatic rings. The van der Waals surface area contributed by atoms with Crippen molar-refractivity contribution in [1.29, 1.82) is 0 Å². The van der Waals surface area contributed by atoms with Gasteiger partial charge in [-0.3, -0.25) is 14.8 Å². The van der Waals surface area contributed by atoms with Crippen LogP contribution in [-0.4, -0.2) is 31.3 Å². The number of benzene rings is 1. The predicted octanol–water partition coefficient (Wildman–Crippen LogP) is 1.27. The van der Waals surface area contributed by atoms with E-state index < -0.39 is 27.2 Å². The van der Waals surface area contributed by atoms with Gasteiger partial charge in [0.2, 0.25) is 10.0 Å². The maximum atomic E-state index is 12.2. The molecule has 20 heavy (non-hydrogen) atoms. The largest absolute Gasteiger partial charge is 0.347 e. The highest BCUT2D eigenvalue weighted by molar-refractivity contribution is 9.10. The first-order valence-corrected chi connectivity index (χ1v) is 7.81. The first-order valence-electron chi connectivity index (χ1n) is 5.47. The van der Waals surface area contributed by atoms with Crippen molar-refractivity contribution in [2.24, 2.45) is 4.99 Å². The van der Waals surface area contributed by atoms with Gasteiger partial charge in [0.1, 0.15) is 0 Å². The molecule has 2 rings (SSSR count). The molecule has 0 saturated carbocycles. The minimum Gasteiger partial charge on any atom is -0.283 e. The number of carbonyl (C=O) groups excluding carboxylic acids is 2. The van der Waals surface area contributed by atoms with E-state index in [-0.39, 0.29) is 5.71 Å². The Morgan fingerprint density at radius 3 is 2.40 bits per heavy atom. The van der Waals surface area contributed by atoms with E-state index in [1.54, 1.807) is 24.3 Å². The van der Waals surface area contributed by atoms with Gasteiger partial charge < -0.3 is 0 Å². The van der Waals surface area contributed by atoms with E-state index in [4.69, 9.17) is 0 Å². The van der Waals surface area contributed by atoms with Gasteiger partial charge in [-0.1, -0.05) is 15.9 Å². The third-order valence-corrected chi connectivity index (χ3v) is 4.76. The number of sulfonamides is 1. The number of amides is 3. The quantitative estimate of drug-likeness (QED) is 0.847. The summed E-state index contributed by atoms with van der Waals surface area (Å²) in [5.41, 5.74) is 0.245. The van der Waals surface area contributed by atoms with E-state index in [1.807, 2.05) is 5.32 Å². The second-order valence-corrected chi connectivity index (χ2v) is 6.76. The molecule has 0 radical (unpaired) electrons. The van der Waals surface area contributed by atoms with Gasteiger partial charge in [0.15, 0.2) is 5.25 Å². The van der Waals surface area contributed by atoms with E-state index in [0.29, 0.717) is 5.69 Å². The van der Waals surface area contributed by atoms with Gasteiger partial charge >= 0.3 is 6.03 Å². The zero-order valence-corrected chi connectivity index (χ0v) is 12.7. The monoisotopic (exact) mass is 359 g/mol. The van der Waals surface area contributed by atoms with Crippen molar-refractivity contribution >= 4 is 49.3 Å². The number of halogens is 1. The number of rotatable bonds is 3. The number of nitrogens with zero attached hydrogens (tertiary/aromatic N) is 1. The highest BCUT2D eigenvalue weighted by atomic mass is 79.9. The van der Waals surface area contributed by atoms with Gasteiger partial charge in [-0.2, -0.15) is 0 Å². The fourth-order valence-electron chi connectivity index (χ4n) is 1.71. The number of hydrogen-bond acceptors (Lipinski definition) is 4. The van der Waals surface area contributed by atoms with Crippen LogP contribution in [0.2, 0.25) is 0 Å². The summed E-state index contributed by atoms with van der Waals surface area (Å²) in [5, 5.41) is 0.345. The summed E-state index contributed by atoms with van der Waals surface area (Å²) >= 11 is 3.23. The number of nitrogens with one attached hydrogen (secondary N) is 2. The van der Waals surface area contributed by atoms with Gasteiger partial charge in [0, 0.05) is 10.2 Å². The fourth-order valence-corrected chi connectivity index (χ4v) is 3.40. The molecule has 9 heteroatoms. The highest BCUT2D eigenvalue weighted by Crippen LogP contribution is 2.18. The smallest absolute Gasteiger partial charge is 0.283 e. The molecule has 1 atom stereocenters. The van der Waals surface area contributed by atoms with E-state index in [1.165, 1.54) is 6.92 Å². The molecule has 0 saturated heterocycles. The Morgan fingerprint density at radius 2 is 1.85 bits per heavy atom. The molecule has 0 fully saturated rings. The average Bonchev–Trinajstić information content (AvgIpc) is 2.30. The molecule has 0 spiro atoms. The van der Waals surface area contributed by atoms with Crippen LogP contribution in [-0.2, 0) is 14.8 Å². The lowest BCUT2D eigenvalue weighted by atomic mass is 10.2. The van der Waals surface area contributed by atoms with E-state index >= 15 is 0 Å². The zero-order valence-electron chi connectivity index (χ0n) is 10.3. The van der Waals surface area contributed by atoms with Crippen LogP contribution in [0.4, 0.5) is 10.5 Å². The molecule has 3 amide bonds. The van der Waals surface area contributed by atoms with Gasteiger partial charge in [0.25, 0.3) is 5.91 Å². The molecule has 1 unspecified atom stereocenters. The van der Waals surface area contributed by atoms with Crippen LogP contribution in [0.5, 0.6) is 0 Å². The summed E-state index contributed by atoms with van der Waals surface area (Å²) in [5.74, 6) is -0.910. The number of urea groups is 1. The molecule has 2 N–H and O–H groups in total. The number of carbonyl (C=O) groups is 2. The lowest BCUT2D eigenvalue weighted by molar-refractivity contribution is -0.118. The molecule has 106 valence electrons. The molecule has 1 aromatic carbocycles. The summed E-state index contributed by atoms with van der Waals surface area (Å²) in [7, 11) is -4.03. The Bertz CT molecular complexity index is 697. The van der Waals surface area contributed by atoms with Crippen LogP contribution < -0.4 is 10.0 Å². The number of aliphatic imine (C=N–C) groups is 1. The van der Waals surface area contributed by atoms with Crippen molar-refractivity contribution in [3.8, 4) is 0 Å². The van der Waals surface area contributed by atoms with E-state index in [2.05, 4.69) is 25.6 Å². The van der Waals surface area contributed by atoms with Crippen LogP contribution in [0.15, 0.2) is 33.7 Å². The molecule has 0 aromatic heterocycles. The van der Waals surface area contributed by atoms with Gasteiger partial charge in [-0.15, -0.1) is 0 Å². The van der Waals surface area contributed by atoms with Crippen molar-refractivity contribution in [1.82, 2.24) is 5.32 Å². The van der Waals surface area contributed by atoms with E-state index in [0.717, 1.165) is 4.47 Å². The maximum absolute atomic E-state index is 12.2. The lowest BCUT2D eigenvalue weighted by Gasteiger charge is -2.20. The molecule has 1 heterocycles. The number of hydrogen-bond donors (Lipinski definition) is 2. The molecule has 1 aliphatic heterocycles. The topological polar surface area (TPSA) is 105 Å². The van der Waals surface area contributed by atoms with E-state index in [9.17, 15) is 18.0 Å². The summed E-state index contributed by atoms with van der Waals surface area (Å²) in [6, 6.07) is 5.54. The number of imide groups is 1. The van der Waals surface area contributed by atoms with Crippen molar-refractivity contribution in [2.45, 2.75) is 12.2 Å². The molecule has 0 aliphatic carbocycles. The SMILES string of the molecule is CC1=NC(=O)NC(=O)C1S(=O)(=O)Nc1ccc(Br)cc1. The van der Waals surface area contributed by atoms with Crippen molar-refractivity contribution in [2.75, 3.05) is 4.72 Å². The second-order valence-electron chi connectivity index (χ2n) is 4.08. The summed E-state index contributed by atoms with van der Waals surface area (Å²) in [6.07, 6.45) is 0. The Balaban J connectivity index is 2.31. The summed E-state index contributed by atoms with van der Waals surface area (Å²) in [4.78, 5) is 26.1. The minimum atomic E-state index is -4.03. The van der Waals surface area contributed by atoms with Crippen LogP contribution in [0.3, 0.4) is 0 Å². The lowest BCUT2D eigenvalue weighted by Crippen LogP contribution is -2.51.